The van der Waals surface area contributed by atoms with Crippen LogP contribution < -0.4 is 10.1 Å². The first-order chi connectivity index (χ1) is 15.3. The van der Waals surface area contributed by atoms with Crippen molar-refractivity contribution in [3.8, 4) is 11.8 Å². The molecule has 0 saturated heterocycles. The summed E-state index contributed by atoms with van der Waals surface area (Å²) in [4.78, 5) is 12.5. The molecule has 3 rings (SSSR count). The number of halogens is 2. The second-order valence-electron chi connectivity index (χ2n) is 7.49. The topological polar surface area (TPSA) is 62.1 Å². The van der Waals surface area contributed by atoms with E-state index in [2.05, 4.69) is 31.3 Å². The maximum Gasteiger partial charge on any atom is 0.266 e. The molecule has 0 aliphatic rings. The predicted molar refractivity (Wildman–Crippen MR) is 130 cm³/mol. The Labute approximate surface area is 198 Å². The van der Waals surface area contributed by atoms with E-state index >= 15 is 0 Å². The van der Waals surface area contributed by atoms with Crippen molar-refractivity contribution < 1.29 is 9.53 Å². The average molecular weight is 465 g/mol. The van der Waals surface area contributed by atoms with Gasteiger partial charge in [0.05, 0.1) is 5.02 Å². The van der Waals surface area contributed by atoms with E-state index in [1.165, 1.54) is 17.2 Å². The van der Waals surface area contributed by atoms with Crippen LogP contribution in [0.25, 0.3) is 6.08 Å². The van der Waals surface area contributed by atoms with Crippen LogP contribution in [0.3, 0.4) is 0 Å². The van der Waals surface area contributed by atoms with Gasteiger partial charge in [0.2, 0.25) is 0 Å². The maximum atomic E-state index is 12.5. The van der Waals surface area contributed by atoms with Gasteiger partial charge < -0.3 is 10.1 Å². The van der Waals surface area contributed by atoms with E-state index in [1.807, 2.05) is 19.1 Å². The molecule has 0 aromatic heterocycles. The van der Waals surface area contributed by atoms with Crippen LogP contribution in [0.4, 0.5) is 5.69 Å². The van der Waals surface area contributed by atoms with Gasteiger partial charge in [-0.05, 0) is 78.9 Å². The largest absolute Gasteiger partial charge is 0.487 e. The number of nitrogens with zero attached hydrogens (tertiary/aromatic N) is 1. The predicted octanol–water partition coefficient (Wildman–Crippen LogP) is 7.04. The third-order valence-electron chi connectivity index (χ3n) is 5.03. The molecule has 0 aliphatic carbocycles. The van der Waals surface area contributed by atoms with Crippen LogP contribution in [-0.4, -0.2) is 5.91 Å². The first-order valence-electron chi connectivity index (χ1n) is 9.94. The summed E-state index contributed by atoms with van der Waals surface area (Å²) >= 11 is 12.5. The third kappa shape index (κ3) is 5.91. The monoisotopic (exact) mass is 464 g/mol. The Bertz CT molecular complexity index is 1240. The summed E-state index contributed by atoms with van der Waals surface area (Å²) in [5.41, 5.74) is 5.45. The van der Waals surface area contributed by atoms with E-state index < -0.39 is 5.91 Å². The van der Waals surface area contributed by atoms with Crippen molar-refractivity contribution >= 4 is 40.9 Å². The van der Waals surface area contributed by atoms with E-state index in [0.717, 1.165) is 11.1 Å². The van der Waals surface area contributed by atoms with Crippen molar-refractivity contribution in [1.29, 1.82) is 5.26 Å². The highest BCUT2D eigenvalue weighted by Crippen LogP contribution is 2.28. The molecule has 0 bridgehead atoms. The third-order valence-corrected chi connectivity index (χ3v) is 5.73. The molecule has 0 atom stereocenters. The number of ether oxygens (including phenoxy) is 1. The van der Waals surface area contributed by atoms with Crippen LogP contribution >= 0.6 is 23.2 Å². The number of hydrogen-bond acceptors (Lipinski definition) is 3. The van der Waals surface area contributed by atoms with Gasteiger partial charge in [0.25, 0.3) is 5.91 Å². The minimum absolute atomic E-state index is 0.0541. The molecule has 0 aliphatic heterocycles. The lowest BCUT2D eigenvalue weighted by Crippen LogP contribution is -2.13. The SMILES string of the molecule is Cc1ccc(COc2ccc(/C=C(\C#N)C(=O)Nc3ccc(C)c(Cl)c3)cc2Cl)cc1C. The normalized spacial score (nSPS) is 11.1. The Morgan fingerprint density at radius 1 is 0.969 bits per heavy atom. The number of benzene rings is 3. The number of nitrogens with one attached hydrogen (secondary N) is 1. The van der Waals surface area contributed by atoms with Gasteiger partial charge in [-0.3, -0.25) is 4.79 Å². The second kappa shape index (κ2) is 10.4. The smallest absolute Gasteiger partial charge is 0.266 e. The van der Waals surface area contributed by atoms with Crippen molar-refractivity contribution in [3.63, 3.8) is 0 Å². The number of carbonyl (C=O) groups is 1. The average Bonchev–Trinajstić information content (AvgIpc) is 2.76. The fourth-order valence-electron chi connectivity index (χ4n) is 2.96. The first-order valence-corrected chi connectivity index (χ1v) is 10.7. The minimum atomic E-state index is -0.529. The van der Waals surface area contributed by atoms with Gasteiger partial charge >= 0.3 is 0 Å². The fraction of sp³-hybridized carbons (Fsp3) is 0.154. The molecule has 4 nitrogen and oxygen atoms in total. The van der Waals surface area contributed by atoms with Gasteiger partial charge in [-0.2, -0.15) is 5.26 Å². The number of carbonyl (C=O) groups excluding carboxylic acids is 1. The number of nitriles is 1. The molecule has 0 heterocycles. The Balaban J connectivity index is 1.71. The Morgan fingerprint density at radius 2 is 1.72 bits per heavy atom. The number of rotatable bonds is 6. The second-order valence-corrected chi connectivity index (χ2v) is 8.30. The molecule has 3 aromatic rings. The molecule has 32 heavy (non-hydrogen) atoms. The lowest BCUT2D eigenvalue weighted by atomic mass is 10.1. The van der Waals surface area contributed by atoms with Crippen LogP contribution in [0.15, 0.2) is 60.2 Å². The van der Waals surface area contributed by atoms with Crippen LogP contribution in [0.2, 0.25) is 10.0 Å². The van der Waals surface area contributed by atoms with Gasteiger partial charge in [-0.15, -0.1) is 0 Å². The maximum absolute atomic E-state index is 12.5. The molecule has 0 spiro atoms. The van der Waals surface area contributed by atoms with Crippen LogP contribution in [0.1, 0.15) is 27.8 Å². The number of amides is 1. The molecule has 162 valence electrons. The summed E-state index contributed by atoms with van der Waals surface area (Å²) < 4.78 is 5.84. The Kier molecular flexibility index (Phi) is 7.58. The summed E-state index contributed by atoms with van der Waals surface area (Å²) in [5, 5.41) is 13.1. The van der Waals surface area contributed by atoms with Crippen molar-refractivity contribution in [2.75, 3.05) is 5.32 Å². The fourth-order valence-corrected chi connectivity index (χ4v) is 3.39. The van der Waals surface area contributed by atoms with Crippen molar-refractivity contribution in [2.45, 2.75) is 27.4 Å². The van der Waals surface area contributed by atoms with Crippen LogP contribution in [0, 0.1) is 32.1 Å². The highest BCUT2D eigenvalue weighted by molar-refractivity contribution is 6.32. The Morgan fingerprint density at radius 3 is 2.38 bits per heavy atom. The molecule has 1 N–H and O–H groups in total. The summed E-state index contributed by atoms with van der Waals surface area (Å²) in [6.45, 7) is 6.38. The van der Waals surface area contributed by atoms with Crippen molar-refractivity contribution in [1.82, 2.24) is 0 Å². The van der Waals surface area contributed by atoms with E-state index in [1.54, 1.807) is 36.4 Å². The molecule has 1 amide bonds. The zero-order valence-corrected chi connectivity index (χ0v) is 19.5. The van der Waals surface area contributed by atoms with E-state index in [0.29, 0.717) is 33.7 Å². The number of anilines is 1. The highest BCUT2D eigenvalue weighted by atomic mass is 35.5. The summed E-state index contributed by atoms with van der Waals surface area (Å²) in [6.07, 6.45) is 1.48. The molecule has 6 heteroatoms. The summed E-state index contributed by atoms with van der Waals surface area (Å²) in [5.74, 6) is -0.00193. The number of hydrogen-bond donors (Lipinski definition) is 1. The van der Waals surface area contributed by atoms with Crippen LogP contribution in [-0.2, 0) is 11.4 Å². The zero-order chi connectivity index (χ0) is 23.3. The molecule has 0 radical (unpaired) electrons. The van der Waals surface area contributed by atoms with Gasteiger partial charge in [-0.1, -0.05) is 53.5 Å². The zero-order valence-electron chi connectivity index (χ0n) is 18.0. The lowest BCUT2D eigenvalue weighted by molar-refractivity contribution is -0.112. The van der Waals surface area contributed by atoms with Crippen LogP contribution in [0.5, 0.6) is 5.75 Å². The van der Waals surface area contributed by atoms with Crippen molar-refractivity contribution in [3.05, 3.63) is 98.0 Å². The molecular weight excluding hydrogens is 443 g/mol. The van der Waals surface area contributed by atoms with Gasteiger partial charge in [0.15, 0.2) is 0 Å². The summed E-state index contributed by atoms with van der Waals surface area (Å²) in [7, 11) is 0. The molecule has 0 fully saturated rings. The molecular formula is C26H22Cl2N2O2. The Hall–Kier alpha value is -3.26. The van der Waals surface area contributed by atoms with E-state index in [9.17, 15) is 10.1 Å². The van der Waals surface area contributed by atoms with Gasteiger partial charge in [0, 0.05) is 10.7 Å². The molecule has 0 saturated carbocycles. The van der Waals surface area contributed by atoms with E-state index in [-0.39, 0.29) is 5.57 Å². The highest BCUT2D eigenvalue weighted by Gasteiger charge is 2.11. The number of aryl methyl sites for hydroxylation is 3. The lowest BCUT2D eigenvalue weighted by Gasteiger charge is -2.10. The quantitative estimate of drug-likeness (QED) is 0.314. The van der Waals surface area contributed by atoms with E-state index in [4.69, 9.17) is 27.9 Å². The van der Waals surface area contributed by atoms with Crippen molar-refractivity contribution in [2.24, 2.45) is 0 Å². The molecule has 0 unspecified atom stereocenters. The van der Waals surface area contributed by atoms with Gasteiger partial charge in [0.1, 0.15) is 24.0 Å². The minimum Gasteiger partial charge on any atom is -0.487 e. The first kappa shape index (κ1) is 23.4. The standard InChI is InChI=1S/C26H22Cl2N2O2/c1-16-4-6-20(10-18(16)3)15-32-25-9-7-19(12-24(25)28)11-21(14-29)26(31)30-22-8-5-17(2)23(27)13-22/h4-13H,15H2,1-3H3,(H,30,31)/b21-11+. The van der Waals surface area contributed by atoms with Gasteiger partial charge in [-0.25, -0.2) is 0 Å². The summed E-state index contributed by atoms with van der Waals surface area (Å²) in [6, 6.07) is 18.4. The molecule has 3 aromatic carbocycles.